The molecule has 2 aromatic rings. The first-order chi connectivity index (χ1) is 10.6. The Balaban J connectivity index is 1.92. The second-order valence-corrected chi connectivity index (χ2v) is 5.90. The van der Waals surface area contributed by atoms with E-state index >= 15 is 0 Å². The Morgan fingerprint density at radius 1 is 1.27 bits per heavy atom. The minimum Gasteiger partial charge on any atom is -0.367 e. The van der Waals surface area contributed by atoms with E-state index in [0.29, 0.717) is 18.8 Å². The zero-order chi connectivity index (χ0) is 15.7. The summed E-state index contributed by atoms with van der Waals surface area (Å²) in [6, 6.07) is 10.1. The summed E-state index contributed by atoms with van der Waals surface area (Å²) in [5.41, 5.74) is 1.50. The number of morpholine rings is 1. The topological polar surface area (TPSA) is 47.4 Å². The fraction of sp³-hybridized carbons (Fsp3) is 0.375. The lowest BCUT2D eigenvalue weighted by Gasteiger charge is -2.38. The van der Waals surface area contributed by atoms with Crippen molar-refractivity contribution in [2.45, 2.75) is 19.1 Å². The minimum atomic E-state index is -0.283. The molecule has 3 rings (SSSR count). The Morgan fingerprint density at radius 3 is 2.73 bits per heavy atom. The van der Waals surface area contributed by atoms with Gasteiger partial charge in [0.15, 0.2) is 0 Å². The van der Waals surface area contributed by atoms with Crippen molar-refractivity contribution >= 4 is 17.3 Å². The molecule has 1 aromatic carbocycles. The minimum absolute atomic E-state index is 0.0408. The third-order valence-corrected chi connectivity index (χ3v) is 4.19. The summed E-state index contributed by atoms with van der Waals surface area (Å²) in [5, 5.41) is 4.28. The molecule has 0 bridgehead atoms. The van der Waals surface area contributed by atoms with Gasteiger partial charge in [0.25, 0.3) is 5.56 Å². The molecular formula is C16H18ClN3O2. The predicted octanol–water partition coefficient (Wildman–Crippen LogP) is 2.40. The second-order valence-electron chi connectivity index (χ2n) is 5.52. The zero-order valence-electron chi connectivity index (χ0n) is 12.6. The van der Waals surface area contributed by atoms with Crippen LogP contribution in [0.3, 0.4) is 0 Å². The number of ether oxygens (including phenoxy) is 1. The summed E-state index contributed by atoms with van der Waals surface area (Å²) in [4.78, 5) is 14.0. The third kappa shape index (κ3) is 2.87. The van der Waals surface area contributed by atoms with Gasteiger partial charge in [-0.2, -0.15) is 5.10 Å². The Kier molecular flexibility index (Phi) is 4.18. The predicted molar refractivity (Wildman–Crippen MR) is 86.4 cm³/mol. The molecule has 6 heteroatoms. The molecule has 1 saturated heterocycles. The van der Waals surface area contributed by atoms with E-state index in [4.69, 9.17) is 16.3 Å². The number of hydrogen-bond acceptors (Lipinski definition) is 4. The first kappa shape index (κ1) is 15.1. The average molecular weight is 320 g/mol. The van der Waals surface area contributed by atoms with Crippen LogP contribution in [0.25, 0.3) is 0 Å². The second kappa shape index (κ2) is 6.10. The molecular weight excluding hydrogens is 302 g/mol. The van der Waals surface area contributed by atoms with Crippen molar-refractivity contribution in [3.63, 3.8) is 0 Å². The van der Waals surface area contributed by atoms with Crippen molar-refractivity contribution < 1.29 is 4.74 Å². The molecule has 22 heavy (non-hydrogen) atoms. The number of halogens is 1. The molecule has 1 aliphatic heterocycles. The molecule has 2 atom stereocenters. The molecule has 0 radical (unpaired) electrons. The number of nitrogens with zero attached hydrogens (tertiary/aromatic N) is 3. The van der Waals surface area contributed by atoms with E-state index < -0.39 is 0 Å². The van der Waals surface area contributed by atoms with Crippen LogP contribution in [0.4, 0.5) is 5.69 Å². The summed E-state index contributed by atoms with van der Waals surface area (Å²) >= 11 is 6.22. The fourth-order valence-electron chi connectivity index (χ4n) is 2.72. The first-order valence-electron chi connectivity index (χ1n) is 7.23. The normalized spacial score (nSPS) is 21.9. The molecule has 0 aliphatic carbocycles. The standard InChI is InChI=1S/C16H18ClN3O2/c1-11-9-20(13-8-18-19(2)16(21)15(13)17)10-14(22-11)12-6-4-3-5-7-12/h3-8,11,14H,9-10H2,1-2H3/t11-,14-/m0/s1. The van der Waals surface area contributed by atoms with Crippen LogP contribution in [0.5, 0.6) is 0 Å². The SMILES string of the molecule is C[C@H]1CN(c2cnn(C)c(=O)c2Cl)C[C@@H](c2ccccc2)O1. The number of aryl methyl sites for hydroxylation is 1. The Bertz CT molecular complexity index is 717. The van der Waals surface area contributed by atoms with Gasteiger partial charge in [0, 0.05) is 20.1 Å². The fourth-order valence-corrected chi connectivity index (χ4v) is 3.01. The maximum absolute atomic E-state index is 12.0. The van der Waals surface area contributed by atoms with E-state index in [2.05, 4.69) is 10.00 Å². The van der Waals surface area contributed by atoms with E-state index in [0.717, 1.165) is 5.56 Å². The zero-order valence-corrected chi connectivity index (χ0v) is 13.3. The number of rotatable bonds is 2. The van der Waals surface area contributed by atoms with Gasteiger partial charge in [-0.15, -0.1) is 0 Å². The van der Waals surface area contributed by atoms with Crippen LogP contribution in [-0.4, -0.2) is 29.0 Å². The van der Waals surface area contributed by atoms with Crippen LogP contribution in [0.1, 0.15) is 18.6 Å². The van der Waals surface area contributed by atoms with Crippen molar-refractivity contribution in [3.05, 3.63) is 57.5 Å². The summed E-state index contributed by atoms with van der Waals surface area (Å²) in [5.74, 6) is 0. The van der Waals surface area contributed by atoms with E-state index in [1.165, 1.54) is 4.68 Å². The number of hydrogen-bond donors (Lipinski definition) is 0. The molecule has 1 aliphatic rings. The highest BCUT2D eigenvalue weighted by Crippen LogP contribution is 2.30. The van der Waals surface area contributed by atoms with Gasteiger partial charge >= 0.3 is 0 Å². The maximum atomic E-state index is 12.0. The van der Waals surface area contributed by atoms with Gasteiger partial charge in [-0.3, -0.25) is 4.79 Å². The van der Waals surface area contributed by atoms with Crippen LogP contribution in [0.15, 0.2) is 41.3 Å². The first-order valence-corrected chi connectivity index (χ1v) is 7.61. The van der Waals surface area contributed by atoms with Gasteiger partial charge in [0.2, 0.25) is 0 Å². The van der Waals surface area contributed by atoms with E-state index in [-0.39, 0.29) is 22.8 Å². The molecule has 1 aromatic heterocycles. The van der Waals surface area contributed by atoms with E-state index in [1.807, 2.05) is 37.3 Å². The Hall–Kier alpha value is -1.85. The van der Waals surface area contributed by atoms with Gasteiger partial charge in [-0.25, -0.2) is 4.68 Å². The van der Waals surface area contributed by atoms with Crippen LogP contribution in [0.2, 0.25) is 5.02 Å². The van der Waals surface area contributed by atoms with Crippen LogP contribution in [-0.2, 0) is 11.8 Å². The highest BCUT2D eigenvalue weighted by atomic mass is 35.5. The van der Waals surface area contributed by atoms with E-state index in [9.17, 15) is 4.79 Å². The molecule has 0 saturated carbocycles. The van der Waals surface area contributed by atoms with Crippen LogP contribution >= 0.6 is 11.6 Å². The summed E-state index contributed by atoms with van der Waals surface area (Å²) in [6.45, 7) is 3.34. The van der Waals surface area contributed by atoms with E-state index in [1.54, 1.807) is 13.2 Å². The van der Waals surface area contributed by atoms with Crippen LogP contribution in [0, 0.1) is 0 Å². The number of benzene rings is 1. The van der Waals surface area contributed by atoms with Crippen molar-refractivity contribution in [3.8, 4) is 0 Å². The molecule has 1 fully saturated rings. The van der Waals surface area contributed by atoms with Gasteiger partial charge < -0.3 is 9.64 Å². The maximum Gasteiger partial charge on any atom is 0.287 e. The lowest BCUT2D eigenvalue weighted by molar-refractivity contribution is -0.0174. The molecule has 2 heterocycles. The van der Waals surface area contributed by atoms with Gasteiger partial charge in [0.05, 0.1) is 18.0 Å². The smallest absolute Gasteiger partial charge is 0.287 e. The molecule has 5 nitrogen and oxygen atoms in total. The summed E-state index contributed by atoms with van der Waals surface area (Å²) < 4.78 is 7.27. The van der Waals surface area contributed by atoms with Gasteiger partial charge in [-0.05, 0) is 12.5 Å². The molecule has 116 valence electrons. The largest absolute Gasteiger partial charge is 0.367 e. The lowest BCUT2D eigenvalue weighted by atomic mass is 10.1. The summed E-state index contributed by atoms with van der Waals surface area (Å²) in [6.07, 6.45) is 1.63. The number of anilines is 1. The molecule has 0 amide bonds. The highest BCUT2D eigenvalue weighted by Gasteiger charge is 2.28. The van der Waals surface area contributed by atoms with Crippen molar-refractivity contribution in [1.29, 1.82) is 0 Å². The monoisotopic (exact) mass is 319 g/mol. The lowest BCUT2D eigenvalue weighted by Crippen LogP contribution is -2.43. The Labute approximate surface area is 134 Å². The number of aromatic nitrogens is 2. The Morgan fingerprint density at radius 2 is 2.00 bits per heavy atom. The average Bonchev–Trinajstić information content (AvgIpc) is 2.53. The molecule has 0 spiro atoms. The molecule has 0 N–H and O–H groups in total. The van der Waals surface area contributed by atoms with Crippen molar-refractivity contribution in [1.82, 2.24) is 9.78 Å². The quantitative estimate of drug-likeness (QED) is 0.853. The van der Waals surface area contributed by atoms with Crippen molar-refractivity contribution in [2.75, 3.05) is 18.0 Å². The van der Waals surface area contributed by atoms with Crippen molar-refractivity contribution in [2.24, 2.45) is 7.05 Å². The highest BCUT2D eigenvalue weighted by molar-refractivity contribution is 6.33. The van der Waals surface area contributed by atoms with Gasteiger partial charge in [-0.1, -0.05) is 41.9 Å². The summed E-state index contributed by atoms with van der Waals surface area (Å²) in [7, 11) is 1.59. The van der Waals surface area contributed by atoms with Crippen LogP contribution < -0.4 is 10.5 Å². The third-order valence-electron chi connectivity index (χ3n) is 3.83. The van der Waals surface area contributed by atoms with Gasteiger partial charge in [0.1, 0.15) is 11.1 Å². The molecule has 0 unspecified atom stereocenters.